The minimum atomic E-state index is -3.78. The fraction of sp³-hybridized carbons (Fsp3) is 0.188. The number of carbonyl (C=O) groups excluding carboxylic acids is 1. The second kappa shape index (κ2) is 10.5. The van der Waals surface area contributed by atoms with Crippen molar-refractivity contribution in [1.82, 2.24) is 20.2 Å². The van der Waals surface area contributed by atoms with Crippen LogP contribution < -0.4 is 19.9 Å². The van der Waals surface area contributed by atoms with E-state index in [2.05, 4.69) is 24.9 Å². The molecule has 31 heavy (non-hydrogen) atoms. The van der Waals surface area contributed by atoms with Gasteiger partial charge >= 0.3 is 0 Å². The average Bonchev–Trinajstić information content (AvgIpc) is 3.17. The Morgan fingerprint density at radius 3 is 2.39 bits per heavy atom. The first-order valence-electron chi connectivity index (χ1n) is 8.10. The third-order valence-electron chi connectivity index (χ3n) is 3.32. The fourth-order valence-corrected chi connectivity index (χ4v) is 4.61. The van der Waals surface area contributed by atoms with E-state index >= 15 is 0 Å². The Kier molecular flexibility index (Phi) is 8.33. The second-order valence-corrected chi connectivity index (χ2v) is 9.46. The lowest BCUT2D eigenvalue weighted by Gasteiger charge is -2.08. The molecule has 3 rings (SSSR count). The normalized spacial score (nSPS) is 10.6. The van der Waals surface area contributed by atoms with Gasteiger partial charge in [-0.05, 0) is 19.1 Å². The lowest BCUT2D eigenvalue weighted by Crippen LogP contribution is -2.15. The van der Waals surface area contributed by atoms with E-state index in [1.807, 2.05) is 0 Å². The van der Waals surface area contributed by atoms with Crippen molar-refractivity contribution < 1.29 is 22.7 Å². The molecule has 0 fully saturated rings. The second-order valence-electron chi connectivity index (χ2n) is 5.45. The van der Waals surface area contributed by atoms with Gasteiger partial charge in [-0.25, -0.2) is 18.4 Å². The van der Waals surface area contributed by atoms with E-state index in [1.165, 1.54) is 38.6 Å². The minimum absolute atomic E-state index is 0.0450. The molecule has 0 saturated heterocycles. The van der Waals surface area contributed by atoms with Gasteiger partial charge in [0.1, 0.15) is 10.0 Å². The summed E-state index contributed by atoms with van der Waals surface area (Å²) in [4.78, 5) is 18.5. The highest BCUT2D eigenvalue weighted by Crippen LogP contribution is 2.29. The van der Waals surface area contributed by atoms with Crippen molar-refractivity contribution in [3.05, 3.63) is 45.4 Å². The van der Waals surface area contributed by atoms with Crippen molar-refractivity contribution in [2.75, 3.05) is 18.9 Å². The number of ether oxygens (including phenoxy) is 2. The summed E-state index contributed by atoms with van der Waals surface area (Å²) in [6.45, 7) is 1.67. The predicted octanol–water partition coefficient (Wildman–Crippen LogP) is 2.55. The molecule has 0 saturated carbocycles. The first kappa shape index (κ1) is 24.5. The van der Waals surface area contributed by atoms with E-state index in [4.69, 9.17) is 38.4 Å². The van der Waals surface area contributed by atoms with Crippen LogP contribution in [0.15, 0.2) is 28.6 Å². The third-order valence-corrected chi connectivity index (χ3v) is 6.57. The molecule has 1 amide bonds. The molecule has 0 aliphatic rings. The molecular formula is C16H16Cl2N6O5S2. The van der Waals surface area contributed by atoms with Crippen LogP contribution >= 0.6 is 34.5 Å². The minimum Gasteiger partial charge on any atom is -0.493 e. The lowest BCUT2D eigenvalue weighted by atomic mass is 10.3. The quantitative estimate of drug-likeness (QED) is 0.511. The van der Waals surface area contributed by atoms with Crippen molar-refractivity contribution in [1.29, 1.82) is 0 Å². The standard InChI is InChI=1S/C9H7Cl2N3O3S2.C7H9N3O2/c1-17-5-4-6(10)12-13-9(5)14-19(15,16)8-3-2-7(11)18-8;1-4-9-3-5(12-2)6(10-4)7(8)11/h2-4H,1H3,(H,13,14);3H,1-2H3,(H2,8,11). The molecule has 0 radical (unpaired) electrons. The molecule has 0 spiro atoms. The number of anilines is 1. The number of aryl methyl sites for hydroxylation is 1. The summed E-state index contributed by atoms with van der Waals surface area (Å²) in [5, 5.41) is 7.29. The van der Waals surface area contributed by atoms with Crippen LogP contribution in [0.5, 0.6) is 11.5 Å². The van der Waals surface area contributed by atoms with Gasteiger partial charge in [0.05, 0.1) is 24.8 Å². The summed E-state index contributed by atoms with van der Waals surface area (Å²) in [5.74, 6) is 0.303. The zero-order chi connectivity index (χ0) is 23.2. The summed E-state index contributed by atoms with van der Waals surface area (Å²) in [6.07, 6.45) is 1.42. The molecule has 0 unspecified atom stereocenters. The average molecular weight is 507 g/mol. The summed E-state index contributed by atoms with van der Waals surface area (Å²) >= 11 is 12.3. The smallest absolute Gasteiger partial charge is 0.272 e. The Bertz CT molecular complexity index is 1190. The Hall–Kier alpha value is -2.74. The van der Waals surface area contributed by atoms with Gasteiger partial charge in [0.2, 0.25) is 5.82 Å². The highest BCUT2D eigenvalue weighted by molar-refractivity contribution is 7.94. The zero-order valence-electron chi connectivity index (χ0n) is 16.3. The highest BCUT2D eigenvalue weighted by atomic mass is 35.5. The monoisotopic (exact) mass is 506 g/mol. The van der Waals surface area contributed by atoms with Crippen LogP contribution in [0.3, 0.4) is 0 Å². The number of hydrogen-bond donors (Lipinski definition) is 2. The number of thiophene rings is 1. The van der Waals surface area contributed by atoms with Crippen LogP contribution in [-0.4, -0.2) is 48.7 Å². The van der Waals surface area contributed by atoms with E-state index in [-0.39, 0.29) is 26.6 Å². The summed E-state index contributed by atoms with van der Waals surface area (Å²) in [6, 6.07) is 4.24. The topological polar surface area (TPSA) is 159 Å². The SMILES string of the molecule is COc1cc(Cl)nnc1NS(=O)(=O)c1ccc(Cl)s1.COc1cnc(C)nc1C(N)=O. The molecule has 3 heterocycles. The molecule has 15 heteroatoms. The molecule has 11 nitrogen and oxygen atoms in total. The Morgan fingerprint density at radius 2 is 1.84 bits per heavy atom. The summed E-state index contributed by atoms with van der Waals surface area (Å²) in [5.41, 5.74) is 5.17. The number of primary amides is 1. The van der Waals surface area contributed by atoms with E-state index in [1.54, 1.807) is 6.92 Å². The summed E-state index contributed by atoms with van der Waals surface area (Å²) < 4.78 is 36.6. The van der Waals surface area contributed by atoms with Crippen molar-refractivity contribution in [3.63, 3.8) is 0 Å². The van der Waals surface area contributed by atoms with E-state index < -0.39 is 15.9 Å². The number of methoxy groups -OCH3 is 2. The molecule has 3 N–H and O–H groups in total. The molecule has 0 aromatic carbocycles. The number of rotatable bonds is 6. The number of aromatic nitrogens is 4. The van der Waals surface area contributed by atoms with E-state index in [0.717, 1.165) is 11.3 Å². The van der Waals surface area contributed by atoms with Crippen molar-refractivity contribution in [3.8, 4) is 11.5 Å². The Balaban J connectivity index is 0.000000245. The molecule has 0 atom stereocenters. The van der Waals surface area contributed by atoms with Gasteiger partial charge in [0, 0.05) is 6.07 Å². The first-order valence-corrected chi connectivity index (χ1v) is 11.2. The van der Waals surface area contributed by atoms with Crippen LogP contribution in [0.25, 0.3) is 0 Å². The Morgan fingerprint density at radius 1 is 1.16 bits per heavy atom. The van der Waals surface area contributed by atoms with Crippen LogP contribution in [0.2, 0.25) is 9.49 Å². The number of nitrogens with zero attached hydrogens (tertiary/aromatic N) is 4. The third kappa shape index (κ3) is 6.62. The van der Waals surface area contributed by atoms with Gasteiger partial charge in [-0.1, -0.05) is 23.2 Å². The van der Waals surface area contributed by atoms with Crippen LogP contribution in [0, 0.1) is 6.92 Å². The number of nitrogens with one attached hydrogen (secondary N) is 1. The molecule has 0 bridgehead atoms. The number of carbonyl (C=O) groups is 1. The number of halogens is 2. The van der Waals surface area contributed by atoms with Gasteiger partial charge in [-0.15, -0.1) is 21.5 Å². The number of amides is 1. The first-order chi connectivity index (χ1) is 14.6. The Labute approximate surface area is 191 Å². The molecule has 0 aliphatic heterocycles. The maximum absolute atomic E-state index is 12.1. The highest BCUT2D eigenvalue weighted by Gasteiger charge is 2.20. The van der Waals surface area contributed by atoms with E-state index in [0.29, 0.717) is 15.9 Å². The number of hydrogen-bond acceptors (Lipinski definition) is 10. The largest absolute Gasteiger partial charge is 0.493 e. The molecule has 0 aliphatic carbocycles. The fourth-order valence-electron chi connectivity index (χ4n) is 1.98. The van der Waals surface area contributed by atoms with Gasteiger partial charge < -0.3 is 15.2 Å². The van der Waals surface area contributed by atoms with Crippen LogP contribution in [0.4, 0.5) is 5.82 Å². The molecule has 3 aromatic heterocycles. The van der Waals surface area contributed by atoms with Gasteiger partial charge in [0.25, 0.3) is 15.9 Å². The van der Waals surface area contributed by atoms with Crippen molar-refractivity contribution in [2.24, 2.45) is 5.73 Å². The molecule has 166 valence electrons. The zero-order valence-corrected chi connectivity index (χ0v) is 19.4. The maximum Gasteiger partial charge on any atom is 0.272 e. The van der Waals surface area contributed by atoms with Gasteiger partial charge in [-0.2, -0.15) is 0 Å². The van der Waals surface area contributed by atoms with Crippen molar-refractivity contribution >= 4 is 56.3 Å². The van der Waals surface area contributed by atoms with Crippen LogP contribution in [0.1, 0.15) is 16.3 Å². The lowest BCUT2D eigenvalue weighted by molar-refractivity contribution is 0.0992. The maximum atomic E-state index is 12.1. The number of sulfonamides is 1. The predicted molar refractivity (Wildman–Crippen MR) is 116 cm³/mol. The van der Waals surface area contributed by atoms with E-state index in [9.17, 15) is 13.2 Å². The molecule has 3 aromatic rings. The number of nitrogens with two attached hydrogens (primary N) is 1. The molecular weight excluding hydrogens is 491 g/mol. The van der Waals surface area contributed by atoms with Gasteiger partial charge in [-0.3, -0.25) is 9.52 Å². The van der Waals surface area contributed by atoms with Crippen LogP contribution in [-0.2, 0) is 10.0 Å². The summed E-state index contributed by atoms with van der Waals surface area (Å²) in [7, 11) is -0.980. The van der Waals surface area contributed by atoms with Gasteiger partial charge in [0.15, 0.2) is 22.3 Å². The van der Waals surface area contributed by atoms with Crippen molar-refractivity contribution in [2.45, 2.75) is 11.1 Å².